The van der Waals surface area contributed by atoms with Crippen LogP contribution in [0.1, 0.15) is 22.8 Å². The number of hydrogen-bond donors (Lipinski definition) is 1. The van der Waals surface area contributed by atoms with Crippen molar-refractivity contribution < 1.29 is 19.4 Å². The molecular formula is C11H12O4. The lowest BCUT2D eigenvalue weighted by Crippen LogP contribution is -2.05. The fraction of sp³-hybridized carbons (Fsp3) is 0.364. The maximum atomic E-state index is 10.9. The van der Waals surface area contributed by atoms with Crippen LogP contribution in [0.2, 0.25) is 0 Å². The first kappa shape index (κ1) is 9.83. The van der Waals surface area contributed by atoms with Crippen molar-refractivity contribution in [1.82, 2.24) is 0 Å². The van der Waals surface area contributed by atoms with Crippen molar-refractivity contribution in [2.75, 3.05) is 7.11 Å². The van der Waals surface area contributed by atoms with Crippen molar-refractivity contribution in [3.05, 3.63) is 23.3 Å². The lowest BCUT2D eigenvalue weighted by molar-refractivity contribution is 0.0693. The molecule has 1 atom stereocenters. The fourth-order valence-electron chi connectivity index (χ4n) is 1.78. The van der Waals surface area contributed by atoms with E-state index in [0.717, 1.165) is 17.7 Å². The van der Waals surface area contributed by atoms with E-state index in [1.165, 1.54) is 7.11 Å². The number of hydrogen-bond acceptors (Lipinski definition) is 3. The number of ether oxygens (including phenoxy) is 2. The minimum absolute atomic E-state index is 0.105. The van der Waals surface area contributed by atoms with Crippen LogP contribution in [0.3, 0.4) is 0 Å². The zero-order chi connectivity index (χ0) is 11.0. The van der Waals surface area contributed by atoms with Crippen LogP contribution in [0.25, 0.3) is 0 Å². The Balaban J connectivity index is 2.50. The summed E-state index contributed by atoms with van der Waals surface area (Å²) in [6, 6.07) is 3.27. The zero-order valence-corrected chi connectivity index (χ0v) is 8.61. The first-order valence-electron chi connectivity index (χ1n) is 4.72. The van der Waals surface area contributed by atoms with Gasteiger partial charge in [0.2, 0.25) is 0 Å². The SMILES string of the molecule is COc1cc2c(cc1C(=O)O)CC(C)O2. The summed E-state index contributed by atoms with van der Waals surface area (Å²) in [7, 11) is 1.45. The Kier molecular flexibility index (Phi) is 2.26. The number of aromatic carboxylic acids is 1. The highest BCUT2D eigenvalue weighted by Gasteiger charge is 2.23. The third kappa shape index (κ3) is 1.63. The van der Waals surface area contributed by atoms with E-state index in [1.54, 1.807) is 12.1 Å². The average molecular weight is 208 g/mol. The predicted octanol–water partition coefficient (Wildman–Crippen LogP) is 1.72. The van der Waals surface area contributed by atoms with E-state index in [0.29, 0.717) is 5.75 Å². The summed E-state index contributed by atoms with van der Waals surface area (Å²) in [5, 5.41) is 8.97. The number of benzene rings is 1. The van der Waals surface area contributed by atoms with Crippen molar-refractivity contribution in [3.8, 4) is 11.5 Å². The second kappa shape index (κ2) is 3.46. The van der Waals surface area contributed by atoms with Gasteiger partial charge in [-0.15, -0.1) is 0 Å². The Labute approximate surface area is 87.4 Å². The standard InChI is InChI=1S/C11H12O4/c1-6-3-7-4-8(11(12)13)10(14-2)5-9(7)15-6/h4-6H,3H2,1-2H3,(H,12,13). The number of carbonyl (C=O) groups is 1. The molecule has 0 radical (unpaired) electrons. The van der Waals surface area contributed by atoms with Gasteiger partial charge in [-0.05, 0) is 18.6 Å². The van der Waals surface area contributed by atoms with Gasteiger partial charge in [0, 0.05) is 12.5 Å². The third-order valence-corrected chi connectivity index (χ3v) is 2.45. The number of rotatable bonds is 2. The molecule has 0 aromatic heterocycles. The van der Waals surface area contributed by atoms with Gasteiger partial charge in [-0.2, -0.15) is 0 Å². The zero-order valence-electron chi connectivity index (χ0n) is 8.61. The molecule has 15 heavy (non-hydrogen) atoms. The molecule has 2 rings (SSSR count). The Hall–Kier alpha value is -1.71. The molecule has 1 heterocycles. The molecule has 1 aromatic rings. The largest absolute Gasteiger partial charge is 0.496 e. The van der Waals surface area contributed by atoms with Crippen LogP contribution in [0, 0.1) is 0 Å². The maximum Gasteiger partial charge on any atom is 0.339 e. The molecule has 0 bridgehead atoms. The summed E-state index contributed by atoms with van der Waals surface area (Å²) in [6.45, 7) is 1.95. The molecule has 1 aliphatic rings. The number of carboxylic acids is 1. The normalized spacial score (nSPS) is 18.1. The molecule has 0 amide bonds. The van der Waals surface area contributed by atoms with Crippen LogP contribution >= 0.6 is 0 Å². The Bertz CT molecular complexity index is 411. The molecule has 80 valence electrons. The molecular weight excluding hydrogens is 196 g/mol. The highest BCUT2D eigenvalue weighted by molar-refractivity contribution is 5.91. The van der Waals surface area contributed by atoms with E-state index >= 15 is 0 Å². The summed E-state index contributed by atoms with van der Waals surface area (Å²) in [5.74, 6) is 0.0916. The van der Waals surface area contributed by atoms with Crippen molar-refractivity contribution in [2.24, 2.45) is 0 Å². The molecule has 0 fully saturated rings. The molecule has 1 aromatic carbocycles. The molecule has 0 aliphatic carbocycles. The Morgan fingerprint density at radius 1 is 1.60 bits per heavy atom. The lowest BCUT2D eigenvalue weighted by Gasteiger charge is -2.07. The van der Waals surface area contributed by atoms with Crippen LogP contribution in [0.15, 0.2) is 12.1 Å². The number of methoxy groups -OCH3 is 1. The third-order valence-electron chi connectivity index (χ3n) is 2.45. The van der Waals surface area contributed by atoms with Gasteiger partial charge in [0.1, 0.15) is 23.2 Å². The summed E-state index contributed by atoms with van der Waals surface area (Å²) in [6.07, 6.45) is 0.855. The van der Waals surface area contributed by atoms with Crippen LogP contribution in [0.5, 0.6) is 11.5 Å². The van der Waals surface area contributed by atoms with Crippen molar-refractivity contribution in [2.45, 2.75) is 19.4 Å². The second-order valence-electron chi connectivity index (χ2n) is 3.60. The molecule has 0 saturated carbocycles. The van der Waals surface area contributed by atoms with Crippen LogP contribution < -0.4 is 9.47 Å². The van der Waals surface area contributed by atoms with Gasteiger partial charge in [0.15, 0.2) is 0 Å². The van der Waals surface area contributed by atoms with Gasteiger partial charge >= 0.3 is 5.97 Å². The molecule has 4 nitrogen and oxygen atoms in total. The fourth-order valence-corrected chi connectivity index (χ4v) is 1.78. The summed E-state index contributed by atoms with van der Waals surface area (Å²) in [4.78, 5) is 10.9. The minimum Gasteiger partial charge on any atom is -0.496 e. The van der Waals surface area contributed by atoms with Crippen LogP contribution in [0.4, 0.5) is 0 Å². The average Bonchev–Trinajstić information content (AvgIpc) is 2.54. The van der Waals surface area contributed by atoms with Gasteiger partial charge in [0.05, 0.1) is 7.11 Å². The minimum atomic E-state index is -0.978. The van der Waals surface area contributed by atoms with Gasteiger partial charge in [0.25, 0.3) is 0 Å². The highest BCUT2D eigenvalue weighted by Crippen LogP contribution is 2.34. The lowest BCUT2D eigenvalue weighted by atomic mass is 10.1. The van der Waals surface area contributed by atoms with E-state index in [4.69, 9.17) is 14.6 Å². The molecule has 1 aliphatic heterocycles. The monoisotopic (exact) mass is 208 g/mol. The molecule has 4 heteroatoms. The summed E-state index contributed by atoms with van der Waals surface area (Å²) >= 11 is 0. The molecule has 0 spiro atoms. The molecule has 1 unspecified atom stereocenters. The quantitative estimate of drug-likeness (QED) is 0.803. The van der Waals surface area contributed by atoms with E-state index in [-0.39, 0.29) is 11.7 Å². The topological polar surface area (TPSA) is 55.8 Å². The number of carboxylic acid groups (broad SMARTS) is 1. The second-order valence-corrected chi connectivity index (χ2v) is 3.60. The smallest absolute Gasteiger partial charge is 0.339 e. The van der Waals surface area contributed by atoms with E-state index in [1.807, 2.05) is 6.92 Å². The van der Waals surface area contributed by atoms with E-state index in [2.05, 4.69) is 0 Å². The van der Waals surface area contributed by atoms with Gasteiger partial charge in [-0.25, -0.2) is 4.79 Å². The summed E-state index contributed by atoms with van der Waals surface area (Å²) < 4.78 is 10.5. The Morgan fingerprint density at radius 3 is 2.93 bits per heavy atom. The molecule has 1 N–H and O–H groups in total. The van der Waals surface area contributed by atoms with Crippen molar-refractivity contribution in [3.63, 3.8) is 0 Å². The van der Waals surface area contributed by atoms with Gasteiger partial charge in [-0.3, -0.25) is 0 Å². The molecule has 0 saturated heterocycles. The van der Waals surface area contributed by atoms with Gasteiger partial charge in [-0.1, -0.05) is 0 Å². The number of fused-ring (bicyclic) bond motifs is 1. The Morgan fingerprint density at radius 2 is 2.33 bits per heavy atom. The summed E-state index contributed by atoms with van der Waals surface area (Å²) in [5.41, 5.74) is 1.12. The van der Waals surface area contributed by atoms with Crippen LogP contribution in [-0.4, -0.2) is 24.3 Å². The van der Waals surface area contributed by atoms with E-state index in [9.17, 15) is 4.79 Å². The first-order chi connectivity index (χ1) is 7.11. The maximum absolute atomic E-state index is 10.9. The highest BCUT2D eigenvalue weighted by atomic mass is 16.5. The van der Waals surface area contributed by atoms with Crippen LogP contribution in [-0.2, 0) is 6.42 Å². The first-order valence-corrected chi connectivity index (χ1v) is 4.72. The van der Waals surface area contributed by atoms with Crippen molar-refractivity contribution >= 4 is 5.97 Å². The van der Waals surface area contributed by atoms with Gasteiger partial charge < -0.3 is 14.6 Å². The van der Waals surface area contributed by atoms with Crippen molar-refractivity contribution in [1.29, 1.82) is 0 Å². The van der Waals surface area contributed by atoms with E-state index < -0.39 is 5.97 Å². The predicted molar refractivity (Wildman–Crippen MR) is 53.7 cm³/mol.